The minimum atomic E-state index is -0.346. The molecule has 0 radical (unpaired) electrons. The number of nitrogens with zero attached hydrogens (tertiary/aromatic N) is 4. The summed E-state index contributed by atoms with van der Waals surface area (Å²) < 4.78 is 21.2. The molecule has 0 spiro atoms. The minimum absolute atomic E-state index is 0.144. The first kappa shape index (κ1) is 33.4. The van der Waals surface area contributed by atoms with Crippen molar-refractivity contribution in [1.29, 1.82) is 0 Å². The van der Waals surface area contributed by atoms with Crippen LogP contribution in [0.4, 0.5) is 10.1 Å². The van der Waals surface area contributed by atoms with Gasteiger partial charge in [0.1, 0.15) is 11.6 Å². The summed E-state index contributed by atoms with van der Waals surface area (Å²) in [6.45, 7) is 10.1. The average molecular weight is 690 g/mol. The van der Waals surface area contributed by atoms with Gasteiger partial charge in [-0.05, 0) is 90.3 Å². The maximum Gasteiger partial charge on any atom is 0.261 e. The van der Waals surface area contributed by atoms with E-state index in [-0.39, 0.29) is 23.5 Å². The normalized spacial score (nSPS) is 24.5. The number of halogens is 1. The van der Waals surface area contributed by atoms with E-state index in [0.717, 1.165) is 44.1 Å². The van der Waals surface area contributed by atoms with Crippen LogP contribution in [0.2, 0.25) is 0 Å². The summed E-state index contributed by atoms with van der Waals surface area (Å²) >= 11 is 0. The molecule has 1 saturated heterocycles. The lowest BCUT2D eigenvalue weighted by Gasteiger charge is -2.61. The van der Waals surface area contributed by atoms with Crippen LogP contribution in [0.1, 0.15) is 44.7 Å². The summed E-state index contributed by atoms with van der Waals surface area (Å²) in [5.41, 5.74) is 4.72. The SMILES string of the molecule is COc1ccc(CCn2cnc3cc(NC(=N[C@H]4C[C@@H]5C[C@H]([C@@H]4C)C5(C)C)N4CCN[C@@H](Cc5c[nH]c6ccccc56)C4)ccc3c2=O)c(F)c1. The number of rotatable bonds is 8. The number of aliphatic imine (C=N–C) groups is 1. The highest BCUT2D eigenvalue weighted by Gasteiger charge is 2.56. The number of anilines is 1. The van der Waals surface area contributed by atoms with Crippen LogP contribution in [0.3, 0.4) is 0 Å². The smallest absolute Gasteiger partial charge is 0.261 e. The minimum Gasteiger partial charge on any atom is -0.497 e. The summed E-state index contributed by atoms with van der Waals surface area (Å²) in [5.74, 6) is 2.92. The number of aromatic amines is 1. The fraction of sp³-hybridized carbons (Fsp3) is 0.439. The van der Waals surface area contributed by atoms with Crippen molar-refractivity contribution < 1.29 is 9.13 Å². The first-order valence-electron chi connectivity index (χ1n) is 18.4. The number of para-hydroxylation sites is 1. The lowest BCUT2D eigenvalue weighted by Crippen LogP contribution is -2.58. The van der Waals surface area contributed by atoms with Gasteiger partial charge in [0.2, 0.25) is 0 Å². The average Bonchev–Trinajstić information content (AvgIpc) is 3.54. The molecule has 4 aliphatic rings. The molecule has 3 saturated carbocycles. The van der Waals surface area contributed by atoms with Gasteiger partial charge in [-0.15, -0.1) is 0 Å². The lowest BCUT2D eigenvalue weighted by atomic mass is 9.45. The number of aryl methyl sites for hydroxylation is 2. The number of H-pyrrole nitrogens is 1. The first-order valence-corrected chi connectivity index (χ1v) is 18.4. The number of methoxy groups -OCH3 is 1. The van der Waals surface area contributed by atoms with Crippen LogP contribution >= 0.6 is 0 Å². The molecule has 2 aromatic heterocycles. The van der Waals surface area contributed by atoms with Gasteiger partial charge in [-0.2, -0.15) is 0 Å². The van der Waals surface area contributed by atoms with Crippen molar-refractivity contribution in [3.8, 4) is 5.75 Å². The molecule has 3 heterocycles. The zero-order valence-electron chi connectivity index (χ0n) is 30.0. The quantitative estimate of drug-likeness (QED) is 0.125. The molecule has 3 N–H and O–H groups in total. The Morgan fingerprint density at radius 1 is 1.10 bits per heavy atom. The van der Waals surface area contributed by atoms with E-state index >= 15 is 0 Å². The first-order chi connectivity index (χ1) is 24.7. The molecule has 0 amide bonds. The summed E-state index contributed by atoms with van der Waals surface area (Å²) in [6.07, 6.45) is 7.42. The Kier molecular flexibility index (Phi) is 8.82. The van der Waals surface area contributed by atoms with Gasteiger partial charge >= 0.3 is 0 Å². The molecule has 3 aromatic carbocycles. The fourth-order valence-electron chi connectivity index (χ4n) is 8.99. The molecule has 9 nitrogen and oxygen atoms in total. The highest BCUT2D eigenvalue weighted by atomic mass is 19.1. The molecular formula is C41H48FN7O2. The number of hydrogen-bond acceptors (Lipinski definition) is 5. The number of nitrogens with one attached hydrogen (secondary N) is 3. The van der Waals surface area contributed by atoms with Gasteiger partial charge in [0.05, 0.1) is 30.4 Å². The Morgan fingerprint density at radius 2 is 1.96 bits per heavy atom. The maximum atomic E-state index is 14.6. The van der Waals surface area contributed by atoms with Crippen LogP contribution in [0.25, 0.3) is 21.8 Å². The molecule has 0 unspecified atom stereocenters. The van der Waals surface area contributed by atoms with Crippen molar-refractivity contribution in [3.05, 3.63) is 100 Å². The van der Waals surface area contributed by atoms with E-state index in [1.807, 2.05) is 18.2 Å². The van der Waals surface area contributed by atoms with Crippen molar-refractivity contribution >= 4 is 33.5 Å². The topological polar surface area (TPSA) is 99.6 Å². The van der Waals surface area contributed by atoms with Crippen molar-refractivity contribution in [3.63, 3.8) is 0 Å². The monoisotopic (exact) mass is 689 g/mol. The Bertz CT molecular complexity index is 2160. The van der Waals surface area contributed by atoms with Crippen molar-refractivity contribution in [2.24, 2.45) is 28.2 Å². The molecular weight excluding hydrogens is 641 g/mol. The number of guanidine groups is 1. The van der Waals surface area contributed by atoms with Crippen molar-refractivity contribution in [1.82, 2.24) is 24.8 Å². The van der Waals surface area contributed by atoms with Gasteiger partial charge in [-0.3, -0.25) is 9.36 Å². The van der Waals surface area contributed by atoms with Gasteiger partial charge in [0, 0.05) is 61.1 Å². The Balaban J connectivity index is 1.04. The van der Waals surface area contributed by atoms with E-state index in [1.165, 1.54) is 36.1 Å². The molecule has 266 valence electrons. The van der Waals surface area contributed by atoms with E-state index in [2.05, 4.69) is 76.7 Å². The van der Waals surface area contributed by atoms with Gasteiger partial charge < -0.3 is 25.3 Å². The van der Waals surface area contributed by atoms with Crippen molar-refractivity contribution in [2.75, 3.05) is 32.1 Å². The predicted octanol–water partition coefficient (Wildman–Crippen LogP) is 6.62. The Labute approximate surface area is 298 Å². The summed E-state index contributed by atoms with van der Waals surface area (Å²) in [5, 5.41) is 9.27. The zero-order valence-corrected chi connectivity index (χ0v) is 30.0. The maximum absolute atomic E-state index is 14.6. The van der Waals surface area contributed by atoms with Crippen LogP contribution in [-0.4, -0.2) is 64.2 Å². The number of hydrogen-bond donors (Lipinski definition) is 3. The van der Waals surface area contributed by atoms with Crippen LogP contribution in [0, 0.1) is 29.0 Å². The van der Waals surface area contributed by atoms with E-state index in [1.54, 1.807) is 23.0 Å². The standard InChI is InChI=1S/C41H48FN7O2/c1-25-34-18-28(41(34,2)3)19-37(25)47-40(48-16-14-43-30(23-48)17-27-22-44-36-8-6-5-7-32(27)36)46-29-10-12-33-38(20-29)45-24-49(39(33)50)15-13-26-9-11-31(51-4)21-35(26)42/h5-12,20-22,24-25,28,30,34,37,43-44H,13-19,23H2,1-4H3,(H,46,47)/t25-,28-,30-,34+,37-/m0/s1. The van der Waals surface area contributed by atoms with Crippen LogP contribution in [-0.2, 0) is 19.4 Å². The predicted molar refractivity (Wildman–Crippen MR) is 202 cm³/mol. The third-order valence-corrected chi connectivity index (χ3v) is 12.3. The number of benzene rings is 3. The summed E-state index contributed by atoms with van der Waals surface area (Å²) in [6, 6.07) is 19.5. The second-order valence-electron chi connectivity index (χ2n) is 15.4. The number of ether oxygens (including phenoxy) is 1. The van der Waals surface area contributed by atoms with Gasteiger partial charge in [0.25, 0.3) is 5.56 Å². The van der Waals surface area contributed by atoms with Crippen LogP contribution in [0.15, 0.2) is 83.0 Å². The van der Waals surface area contributed by atoms with E-state index in [0.29, 0.717) is 58.4 Å². The summed E-state index contributed by atoms with van der Waals surface area (Å²) in [4.78, 5) is 29.5. The molecule has 2 bridgehead atoms. The fourth-order valence-corrected chi connectivity index (χ4v) is 8.99. The van der Waals surface area contributed by atoms with Gasteiger partial charge in [-0.25, -0.2) is 14.4 Å². The second-order valence-corrected chi connectivity index (χ2v) is 15.4. The molecule has 9 rings (SSSR count). The van der Waals surface area contributed by atoms with E-state index < -0.39 is 0 Å². The van der Waals surface area contributed by atoms with E-state index in [4.69, 9.17) is 9.73 Å². The van der Waals surface area contributed by atoms with Crippen molar-refractivity contribution in [2.45, 2.75) is 65.1 Å². The number of piperazine rings is 1. The summed E-state index contributed by atoms with van der Waals surface area (Å²) in [7, 11) is 1.51. The molecule has 10 heteroatoms. The molecule has 5 atom stereocenters. The molecule has 3 aliphatic carbocycles. The molecule has 1 aliphatic heterocycles. The molecule has 51 heavy (non-hydrogen) atoms. The third-order valence-electron chi connectivity index (χ3n) is 12.3. The Hall–Kier alpha value is -4.70. The lowest BCUT2D eigenvalue weighted by molar-refractivity contribution is -0.108. The number of aromatic nitrogens is 3. The van der Waals surface area contributed by atoms with E-state index in [9.17, 15) is 9.18 Å². The second kappa shape index (κ2) is 13.5. The molecule has 5 aromatic rings. The van der Waals surface area contributed by atoms with Gasteiger partial charge in [0.15, 0.2) is 5.96 Å². The van der Waals surface area contributed by atoms with Gasteiger partial charge in [-0.1, -0.05) is 45.0 Å². The zero-order chi connectivity index (χ0) is 35.3. The number of fused-ring (bicyclic) bond motifs is 4. The Morgan fingerprint density at radius 3 is 2.76 bits per heavy atom. The largest absolute Gasteiger partial charge is 0.497 e. The van der Waals surface area contributed by atoms with Crippen LogP contribution < -0.4 is 20.9 Å². The third kappa shape index (κ3) is 6.39. The highest BCUT2D eigenvalue weighted by molar-refractivity contribution is 5.96. The highest BCUT2D eigenvalue weighted by Crippen LogP contribution is 2.61. The van der Waals surface area contributed by atoms with Crippen LogP contribution in [0.5, 0.6) is 5.75 Å². The molecule has 4 fully saturated rings.